The van der Waals surface area contributed by atoms with Crippen LogP contribution in [0.25, 0.3) is 0 Å². The molecule has 5 atom stereocenters. The number of ether oxygens (including phenoxy) is 2. The molecule has 0 aromatic rings. The number of hydrogen-bond acceptors (Lipinski definition) is 4. The van der Waals surface area contributed by atoms with Gasteiger partial charge in [0.2, 0.25) is 0 Å². The Hall–Kier alpha value is -1.14. The highest BCUT2D eigenvalue weighted by atomic mass is 16.5. The zero-order valence-electron chi connectivity index (χ0n) is 13.1. The van der Waals surface area contributed by atoms with E-state index in [1.165, 1.54) is 17.7 Å². The quantitative estimate of drug-likeness (QED) is 0.733. The molecule has 0 bridgehead atoms. The van der Waals surface area contributed by atoms with Crippen LogP contribution in [-0.2, 0) is 14.3 Å². The predicted molar refractivity (Wildman–Crippen MR) is 78.2 cm³/mol. The molecule has 122 valence electrons. The number of nitrogens with zero attached hydrogens (tertiary/aromatic N) is 2. The monoisotopic (exact) mass is 308 g/mol. The number of carbonyl (C=O) groups is 2. The topological polar surface area (TPSA) is 59.1 Å². The van der Waals surface area contributed by atoms with Gasteiger partial charge in [0, 0.05) is 32.7 Å². The second kappa shape index (κ2) is 5.49. The summed E-state index contributed by atoms with van der Waals surface area (Å²) >= 11 is 0. The molecule has 0 N–H and O–H groups in total. The largest absolute Gasteiger partial charge is 0.379 e. The van der Waals surface area contributed by atoms with Gasteiger partial charge in [0.05, 0.1) is 12.7 Å². The molecule has 4 aliphatic rings. The van der Waals surface area contributed by atoms with Crippen LogP contribution in [0.2, 0.25) is 0 Å². The Labute approximate surface area is 130 Å². The molecule has 0 spiro atoms. The first-order chi connectivity index (χ1) is 10.7. The predicted octanol–water partition coefficient (Wildman–Crippen LogP) is 1.10. The van der Waals surface area contributed by atoms with Crippen molar-refractivity contribution in [1.82, 2.24) is 9.80 Å². The number of urea groups is 1. The van der Waals surface area contributed by atoms with Gasteiger partial charge in [-0.05, 0) is 31.1 Å². The average molecular weight is 308 g/mol. The smallest absolute Gasteiger partial charge is 0.327 e. The first-order valence-electron chi connectivity index (χ1n) is 8.43. The number of carbonyl (C=O) groups excluding carboxylic acids is 2. The van der Waals surface area contributed by atoms with Crippen LogP contribution in [0.4, 0.5) is 4.79 Å². The second-order valence-electron chi connectivity index (χ2n) is 7.08. The minimum absolute atomic E-state index is 0.0241. The van der Waals surface area contributed by atoms with Crippen molar-refractivity contribution in [3.05, 3.63) is 0 Å². The standard InChI is InChI=1S/C16H24N2O4/c1-21-13-9-22-6-5-11(13)8-18-15(19)14-12-4-2-3-10(12)7-17(14)16(18)20/h10-14H,2-9H2,1H3. The first kappa shape index (κ1) is 14.5. The van der Waals surface area contributed by atoms with E-state index < -0.39 is 0 Å². The lowest BCUT2D eigenvalue weighted by Gasteiger charge is -2.32. The van der Waals surface area contributed by atoms with E-state index in [-0.39, 0.29) is 30.0 Å². The van der Waals surface area contributed by atoms with Crippen molar-refractivity contribution in [3.63, 3.8) is 0 Å². The lowest BCUT2D eigenvalue weighted by molar-refractivity contribution is -0.131. The molecule has 6 heteroatoms. The van der Waals surface area contributed by atoms with E-state index in [2.05, 4.69) is 0 Å². The van der Waals surface area contributed by atoms with Gasteiger partial charge in [0.15, 0.2) is 0 Å². The van der Waals surface area contributed by atoms with E-state index in [4.69, 9.17) is 9.47 Å². The molecule has 3 aliphatic heterocycles. The second-order valence-corrected chi connectivity index (χ2v) is 7.08. The average Bonchev–Trinajstić information content (AvgIpc) is 3.16. The van der Waals surface area contributed by atoms with E-state index in [1.807, 2.05) is 4.90 Å². The molecule has 4 rings (SSSR count). The summed E-state index contributed by atoms with van der Waals surface area (Å²) in [4.78, 5) is 28.8. The SMILES string of the molecule is COC1COCCC1CN1C(=O)C2C3CCCC3CN2C1=O. The third kappa shape index (κ3) is 2.07. The minimum Gasteiger partial charge on any atom is -0.379 e. The number of methoxy groups -OCH3 is 1. The summed E-state index contributed by atoms with van der Waals surface area (Å²) in [7, 11) is 1.67. The summed E-state index contributed by atoms with van der Waals surface area (Å²) in [6.07, 6.45) is 4.28. The maximum absolute atomic E-state index is 12.8. The summed E-state index contributed by atoms with van der Waals surface area (Å²) in [6.45, 7) is 2.48. The lowest BCUT2D eigenvalue weighted by atomic mass is 9.93. The Morgan fingerprint density at radius 1 is 1.27 bits per heavy atom. The molecule has 0 radical (unpaired) electrons. The lowest BCUT2D eigenvalue weighted by Crippen LogP contribution is -2.45. The van der Waals surface area contributed by atoms with E-state index in [0.29, 0.717) is 31.6 Å². The fourth-order valence-corrected chi connectivity index (χ4v) is 4.86. The van der Waals surface area contributed by atoms with Gasteiger partial charge in [-0.15, -0.1) is 0 Å². The number of fused-ring (bicyclic) bond motifs is 3. The summed E-state index contributed by atoms with van der Waals surface area (Å²) in [5.74, 6) is 1.16. The highest BCUT2D eigenvalue weighted by Crippen LogP contribution is 2.45. The van der Waals surface area contributed by atoms with Crippen molar-refractivity contribution >= 4 is 11.9 Å². The van der Waals surface area contributed by atoms with Crippen LogP contribution in [0.15, 0.2) is 0 Å². The van der Waals surface area contributed by atoms with Gasteiger partial charge >= 0.3 is 6.03 Å². The van der Waals surface area contributed by atoms with Gasteiger partial charge in [0.1, 0.15) is 6.04 Å². The molecule has 3 heterocycles. The third-order valence-corrected chi connectivity index (χ3v) is 6.05. The Morgan fingerprint density at radius 3 is 2.95 bits per heavy atom. The third-order valence-electron chi connectivity index (χ3n) is 6.05. The molecule has 3 amide bonds. The van der Waals surface area contributed by atoms with Gasteiger partial charge < -0.3 is 14.4 Å². The van der Waals surface area contributed by atoms with Gasteiger partial charge in [0.25, 0.3) is 5.91 Å². The van der Waals surface area contributed by atoms with Crippen LogP contribution < -0.4 is 0 Å². The van der Waals surface area contributed by atoms with Crippen molar-refractivity contribution in [2.75, 3.05) is 33.4 Å². The molecule has 5 unspecified atom stereocenters. The molecule has 22 heavy (non-hydrogen) atoms. The molecule has 0 aromatic carbocycles. The summed E-state index contributed by atoms with van der Waals surface area (Å²) in [6, 6.07) is -0.258. The van der Waals surface area contributed by atoms with Gasteiger partial charge in [-0.1, -0.05) is 6.42 Å². The Balaban J connectivity index is 1.49. The first-order valence-corrected chi connectivity index (χ1v) is 8.43. The molecule has 6 nitrogen and oxygen atoms in total. The maximum Gasteiger partial charge on any atom is 0.327 e. The highest BCUT2D eigenvalue weighted by Gasteiger charge is 2.57. The number of amides is 3. The van der Waals surface area contributed by atoms with Crippen LogP contribution in [0, 0.1) is 17.8 Å². The fraction of sp³-hybridized carbons (Fsp3) is 0.875. The zero-order valence-corrected chi connectivity index (χ0v) is 13.1. The Morgan fingerprint density at radius 2 is 2.14 bits per heavy atom. The molecule has 1 saturated carbocycles. The normalized spacial score (nSPS) is 41.2. The minimum atomic E-state index is -0.180. The fourth-order valence-electron chi connectivity index (χ4n) is 4.86. The number of hydrogen-bond donors (Lipinski definition) is 0. The van der Waals surface area contributed by atoms with Crippen LogP contribution in [0.3, 0.4) is 0 Å². The van der Waals surface area contributed by atoms with Crippen molar-refractivity contribution < 1.29 is 19.1 Å². The van der Waals surface area contributed by atoms with Gasteiger partial charge in [-0.25, -0.2) is 4.79 Å². The molecule has 0 aromatic heterocycles. The van der Waals surface area contributed by atoms with E-state index >= 15 is 0 Å². The molecular formula is C16H24N2O4. The Bertz CT molecular complexity index is 483. The van der Waals surface area contributed by atoms with Crippen LogP contribution in [-0.4, -0.2) is 67.3 Å². The van der Waals surface area contributed by atoms with Crippen molar-refractivity contribution in [2.24, 2.45) is 17.8 Å². The van der Waals surface area contributed by atoms with Crippen molar-refractivity contribution in [3.8, 4) is 0 Å². The zero-order chi connectivity index (χ0) is 15.3. The summed E-state index contributed by atoms with van der Waals surface area (Å²) in [5, 5.41) is 0. The summed E-state index contributed by atoms with van der Waals surface area (Å²) in [5.41, 5.74) is 0. The number of rotatable bonds is 3. The van der Waals surface area contributed by atoms with E-state index in [0.717, 1.165) is 19.4 Å². The van der Waals surface area contributed by atoms with Crippen LogP contribution in [0.1, 0.15) is 25.7 Å². The van der Waals surface area contributed by atoms with Crippen LogP contribution in [0.5, 0.6) is 0 Å². The maximum atomic E-state index is 12.8. The Kier molecular flexibility index (Phi) is 3.61. The highest BCUT2D eigenvalue weighted by molar-refractivity contribution is 6.05. The molecular weight excluding hydrogens is 284 g/mol. The molecule has 4 fully saturated rings. The summed E-state index contributed by atoms with van der Waals surface area (Å²) < 4.78 is 10.9. The van der Waals surface area contributed by atoms with Gasteiger partial charge in [-0.3, -0.25) is 9.69 Å². The molecule has 1 aliphatic carbocycles. The van der Waals surface area contributed by atoms with Crippen LogP contribution >= 0.6 is 0 Å². The van der Waals surface area contributed by atoms with E-state index in [9.17, 15) is 9.59 Å². The van der Waals surface area contributed by atoms with E-state index in [1.54, 1.807) is 7.11 Å². The van der Waals surface area contributed by atoms with Crippen molar-refractivity contribution in [1.29, 1.82) is 0 Å². The molecule has 3 saturated heterocycles. The van der Waals surface area contributed by atoms with Gasteiger partial charge in [-0.2, -0.15) is 0 Å². The number of imide groups is 1. The van der Waals surface area contributed by atoms with Crippen molar-refractivity contribution in [2.45, 2.75) is 37.8 Å².